The Hall–Kier alpha value is -2.90. The molecule has 28 heavy (non-hydrogen) atoms. The third-order valence-corrected chi connectivity index (χ3v) is 6.01. The lowest BCUT2D eigenvalue weighted by atomic mass is 10.1. The minimum atomic E-state index is -3.76. The van der Waals surface area contributed by atoms with Gasteiger partial charge in [-0.25, -0.2) is 13.1 Å². The van der Waals surface area contributed by atoms with Crippen molar-refractivity contribution < 1.29 is 13.2 Å². The normalized spacial score (nSPS) is 13.6. The second-order valence-electron chi connectivity index (χ2n) is 6.61. The molecule has 2 aromatic carbocycles. The predicted octanol–water partition coefficient (Wildman–Crippen LogP) is 3.55. The van der Waals surface area contributed by atoms with Crippen molar-refractivity contribution in [2.24, 2.45) is 0 Å². The van der Waals surface area contributed by atoms with E-state index in [2.05, 4.69) is 15.0 Å². The van der Waals surface area contributed by atoms with Crippen molar-refractivity contribution in [1.82, 2.24) is 15.0 Å². The molecule has 3 aromatic rings. The molecule has 3 rings (SSSR count). The van der Waals surface area contributed by atoms with E-state index >= 15 is 0 Å². The summed E-state index contributed by atoms with van der Waals surface area (Å²) in [6, 6.07) is 19.6. The van der Waals surface area contributed by atoms with E-state index in [4.69, 9.17) is 0 Å². The number of benzene rings is 2. The van der Waals surface area contributed by atoms with E-state index < -0.39 is 16.1 Å². The van der Waals surface area contributed by atoms with Crippen molar-refractivity contribution in [3.8, 4) is 0 Å². The van der Waals surface area contributed by atoms with Crippen LogP contribution in [0.3, 0.4) is 0 Å². The lowest BCUT2D eigenvalue weighted by molar-refractivity contribution is 0.0935. The molecule has 0 saturated carbocycles. The van der Waals surface area contributed by atoms with E-state index in [-0.39, 0.29) is 22.5 Å². The summed E-state index contributed by atoms with van der Waals surface area (Å²) < 4.78 is 27.9. The number of H-pyrrole nitrogens is 1. The third-order valence-electron chi connectivity index (χ3n) is 4.49. The van der Waals surface area contributed by atoms with Gasteiger partial charge in [-0.3, -0.25) is 4.79 Å². The number of amides is 1. The standard InChI is InChI=1S/C21H23N3O3S/c1-15(17-9-5-3-6-10-17)23-21(25)20-13-19(14-22-20)28(26,27)24-16(2)18-11-7-4-8-12-18/h3-16,22,24H,1-2H3,(H,23,25). The predicted molar refractivity (Wildman–Crippen MR) is 108 cm³/mol. The first-order valence-electron chi connectivity index (χ1n) is 8.98. The fraction of sp³-hybridized carbons (Fsp3) is 0.190. The van der Waals surface area contributed by atoms with Gasteiger partial charge >= 0.3 is 0 Å². The summed E-state index contributed by atoms with van der Waals surface area (Å²) in [5, 5.41) is 2.86. The fourth-order valence-corrected chi connectivity index (χ4v) is 4.10. The van der Waals surface area contributed by atoms with E-state index in [1.165, 1.54) is 12.3 Å². The Balaban J connectivity index is 1.69. The van der Waals surface area contributed by atoms with Crippen LogP contribution in [-0.4, -0.2) is 19.3 Å². The van der Waals surface area contributed by atoms with Gasteiger partial charge in [0.1, 0.15) is 10.6 Å². The van der Waals surface area contributed by atoms with Gasteiger partial charge in [0.15, 0.2) is 0 Å². The summed E-state index contributed by atoms with van der Waals surface area (Å²) in [7, 11) is -3.76. The summed E-state index contributed by atoms with van der Waals surface area (Å²) in [4.78, 5) is 15.2. The molecule has 0 saturated heterocycles. The molecule has 3 N–H and O–H groups in total. The van der Waals surface area contributed by atoms with Crippen LogP contribution in [0.15, 0.2) is 77.8 Å². The number of aromatic amines is 1. The minimum absolute atomic E-state index is 0.0211. The highest BCUT2D eigenvalue weighted by Crippen LogP contribution is 2.18. The smallest absolute Gasteiger partial charge is 0.268 e. The molecule has 0 radical (unpaired) electrons. The van der Waals surface area contributed by atoms with Gasteiger partial charge in [-0.2, -0.15) is 0 Å². The zero-order valence-corrected chi connectivity index (χ0v) is 16.5. The van der Waals surface area contributed by atoms with Gasteiger partial charge in [-0.15, -0.1) is 0 Å². The van der Waals surface area contributed by atoms with E-state index in [0.29, 0.717) is 0 Å². The van der Waals surface area contributed by atoms with Crippen LogP contribution in [0.2, 0.25) is 0 Å². The molecule has 7 heteroatoms. The summed E-state index contributed by atoms with van der Waals surface area (Å²) in [5.41, 5.74) is 2.01. The fourth-order valence-electron chi connectivity index (χ4n) is 2.87. The maximum absolute atomic E-state index is 12.6. The Labute approximate surface area is 165 Å². The van der Waals surface area contributed by atoms with Crippen molar-refractivity contribution in [1.29, 1.82) is 0 Å². The molecular weight excluding hydrogens is 374 g/mol. The molecular formula is C21H23N3O3S. The molecule has 0 fully saturated rings. The molecule has 0 aliphatic carbocycles. The number of hydrogen-bond donors (Lipinski definition) is 3. The van der Waals surface area contributed by atoms with E-state index in [0.717, 1.165) is 11.1 Å². The molecule has 0 spiro atoms. The molecule has 0 bridgehead atoms. The molecule has 2 atom stereocenters. The zero-order chi connectivity index (χ0) is 20.1. The SMILES string of the molecule is CC(NC(=O)c1cc(S(=O)(=O)NC(C)c2ccccc2)c[nH]1)c1ccccc1. The average molecular weight is 398 g/mol. The van der Waals surface area contributed by atoms with Gasteiger partial charge in [0.25, 0.3) is 5.91 Å². The van der Waals surface area contributed by atoms with Gasteiger partial charge in [-0.1, -0.05) is 60.7 Å². The highest BCUT2D eigenvalue weighted by atomic mass is 32.2. The molecule has 0 aliphatic rings. The Bertz CT molecular complexity index is 1030. The van der Waals surface area contributed by atoms with Crippen LogP contribution in [0.5, 0.6) is 0 Å². The summed E-state index contributed by atoms with van der Waals surface area (Å²) in [6.45, 7) is 3.64. The van der Waals surface area contributed by atoms with Gasteiger partial charge < -0.3 is 10.3 Å². The minimum Gasteiger partial charge on any atom is -0.356 e. The second kappa shape index (κ2) is 8.41. The van der Waals surface area contributed by atoms with Crippen LogP contribution in [0, 0.1) is 0 Å². The van der Waals surface area contributed by atoms with Crippen LogP contribution in [-0.2, 0) is 10.0 Å². The van der Waals surface area contributed by atoms with E-state index in [9.17, 15) is 13.2 Å². The second-order valence-corrected chi connectivity index (χ2v) is 8.32. The monoisotopic (exact) mass is 397 g/mol. The van der Waals surface area contributed by atoms with E-state index in [1.54, 1.807) is 6.92 Å². The van der Waals surface area contributed by atoms with Crippen molar-refractivity contribution >= 4 is 15.9 Å². The number of carbonyl (C=O) groups is 1. The highest BCUT2D eigenvalue weighted by molar-refractivity contribution is 7.89. The number of rotatable bonds is 7. The third kappa shape index (κ3) is 4.68. The first-order chi connectivity index (χ1) is 13.4. The van der Waals surface area contributed by atoms with Crippen LogP contribution in [0.25, 0.3) is 0 Å². The molecule has 2 unspecified atom stereocenters. The van der Waals surface area contributed by atoms with Crippen molar-refractivity contribution in [3.05, 3.63) is 89.7 Å². The Morgan fingerprint density at radius 3 is 2.00 bits per heavy atom. The molecule has 1 amide bonds. The van der Waals surface area contributed by atoms with Gasteiger partial charge in [0.2, 0.25) is 10.0 Å². The van der Waals surface area contributed by atoms with Crippen molar-refractivity contribution in [2.45, 2.75) is 30.8 Å². The molecule has 146 valence electrons. The number of nitrogens with one attached hydrogen (secondary N) is 3. The summed E-state index contributed by atoms with van der Waals surface area (Å²) >= 11 is 0. The Morgan fingerprint density at radius 1 is 0.893 bits per heavy atom. The Kier molecular flexibility index (Phi) is 5.96. The largest absolute Gasteiger partial charge is 0.356 e. The topological polar surface area (TPSA) is 91.1 Å². The summed E-state index contributed by atoms with van der Waals surface area (Å²) in [6.07, 6.45) is 1.32. The summed E-state index contributed by atoms with van der Waals surface area (Å²) in [5.74, 6) is -0.367. The highest BCUT2D eigenvalue weighted by Gasteiger charge is 2.22. The van der Waals surface area contributed by atoms with Crippen LogP contribution < -0.4 is 10.0 Å². The first kappa shape index (κ1) is 19.9. The molecule has 0 aliphatic heterocycles. The molecule has 6 nitrogen and oxygen atoms in total. The maximum atomic E-state index is 12.6. The zero-order valence-electron chi connectivity index (χ0n) is 15.7. The van der Waals surface area contributed by atoms with Gasteiger partial charge in [0, 0.05) is 12.2 Å². The van der Waals surface area contributed by atoms with Crippen LogP contribution >= 0.6 is 0 Å². The number of hydrogen-bond acceptors (Lipinski definition) is 3. The molecule has 1 aromatic heterocycles. The van der Waals surface area contributed by atoms with Crippen molar-refractivity contribution in [2.75, 3.05) is 0 Å². The van der Waals surface area contributed by atoms with Crippen molar-refractivity contribution in [3.63, 3.8) is 0 Å². The average Bonchev–Trinajstić information content (AvgIpc) is 3.20. The van der Waals surface area contributed by atoms with Gasteiger partial charge in [-0.05, 0) is 31.0 Å². The number of aromatic nitrogens is 1. The Morgan fingerprint density at radius 2 is 1.43 bits per heavy atom. The maximum Gasteiger partial charge on any atom is 0.268 e. The lowest BCUT2D eigenvalue weighted by Crippen LogP contribution is -2.27. The molecule has 1 heterocycles. The van der Waals surface area contributed by atoms with Gasteiger partial charge in [0.05, 0.1) is 6.04 Å². The quantitative estimate of drug-likeness (QED) is 0.569. The van der Waals surface area contributed by atoms with E-state index in [1.807, 2.05) is 67.6 Å². The number of carbonyl (C=O) groups excluding carboxylic acids is 1. The van der Waals surface area contributed by atoms with Crippen LogP contribution in [0.4, 0.5) is 0 Å². The number of sulfonamides is 1. The van der Waals surface area contributed by atoms with Crippen LogP contribution in [0.1, 0.15) is 47.5 Å². The lowest BCUT2D eigenvalue weighted by Gasteiger charge is -2.14. The first-order valence-corrected chi connectivity index (χ1v) is 10.5.